The highest BCUT2D eigenvalue weighted by Gasteiger charge is 2.41. The molecule has 0 N–H and O–H groups in total. The second-order valence-corrected chi connectivity index (χ2v) is 1.77. The van der Waals surface area contributed by atoms with Gasteiger partial charge in [0.1, 0.15) is 0 Å². The predicted octanol–water partition coefficient (Wildman–Crippen LogP) is 1.85. The lowest BCUT2D eigenvalue weighted by atomic mass is 10.3. The summed E-state index contributed by atoms with van der Waals surface area (Å²) in [6.07, 6.45) is -3.42. The van der Waals surface area contributed by atoms with E-state index in [1.54, 1.807) is 0 Å². The Bertz CT molecular complexity index is 119. The maximum absolute atomic E-state index is 11.6. The fourth-order valence-corrected chi connectivity index (χ4v) is 0.596. The van der Waals surface area contributed by atoms with Crippen LogP contribution in [0.2, 0.25) is 0 Å². The lowest BCUT2D eigenvalue weighted by Crippen LogP contribution is -2.27. The SMILES string of the molecule is FC(F)(F)C1CC=CO1. The average molecular weight is 138 g/mol. The summed E-state index contributed by atoms with van der Waals surface area (Å²) in [7, 11) is 0. The van der Waals surface area contributed by atoms with Crippen LogP contribution in [0, 0.1) is 0 Å². The minimum atomic E-state index is -4.20. The molecule has 4 heteroatoms. The second kappa shape index (κ2) is 1.93. The smallest absolute Gasteiger partial charge is 0.425 e. The molecule has 0 aliphatic carbocycles. The third kappa shape index (κ3) is 1.37. The second-order valence-electron chi connectivity index (χ2n) is 1.77. The van der Waals surface area contributed by atoms with Crippen LogP contribution in [0.3, 0.4) is 0 Å². The molecule has 0 aromatic heterocycles. The molecule has 1 unspecified atom stereocenters. The molecule has 1 aliphatic rings. The van der Waals surface area contributed by atoms with E-state index in [0.29, 0.717) is 0 Å². The van der Waals surface area contributed by atoms with Gasteiger partial charge in [-0.15, -0.1) is 0 Å². The Morgan fingerprint density at radius 1 is 1.44 bits per heavy atom. The molecule has 0 amide bonds. The highest BCUT2D eigenvalue weighted by atomic mass is 19.4. The van der Waals surface area contributed by atoms with Crippen LogP contribution < -0.4 is 0 Å². The van der Waals surface area contributed by atoms with E-state index in [0.717, 1.165) is 6.26 Å². The lowest BCUT2D eigenvalue weighted by Gasteiger charge is -2.12. The van der Waals surface area contributed by atoms with Crippen molar-refractivity contribution >= 4 is 0 Å². The Hall–Kier alpha value is -0.670. The van der Waals surface area contributed by atoms with Crippen LogP contribution in [-0.2, 0) is 4.74 Å². The van der Waals surface area contributed by atoms with E-state index >= 15 is 0 Å². The minimum absolute atomic E-state index is 0.0521. The van der Waals surface area contributed by atoms with Gasteiger partial charge >= 0.3 is 6.18 Å². The van der Waals surface area contributed by atoms with Crippen molar-refractivity contribution in [2.75, 3.05) is 0 Å². The largest absolute Gasteiger partial charge is 0.489 e. The van der Waals surface area contributed by atoms with Crippen molar-refractivity contribution in [2.45, 2.75) is 18.7 Å². The topological polar surface area (TPSA) is 9.23 Å². The maximum atomic E-state index is 11.6. The number of hydrogen-bond acceptors (Lipinski definition) is 1. The van der Waals surface area contributed by atoms with E-state index < -0.39 is 12.3 Å². The highest BCUT2D eigenvalue weighted by Crippen LogP contribution is 2.28. The zero-order valence-corrected chi connectivity index (χ0v) is 4.48. The summed E-state index contributed by atoms with van der Waals surface area (Å²) in [6, 6.07) is 0. The molecule has 1 rings (SSSR count). The van der Waals surface area contributed by atoms with Crippen LogP contribution in [0.5, 0.6) is 0 Å². The fourth-order valence-electron chi connectivity index (χ4n) is 0.596. The quantitative estimate of drug-likeness (QED) is 0.496. The standard InChI is InChI=1S/C5H5F3O/c6-5(7,8)4-2-1-3-9-4/h1,3-4H,2H2. The molecule has 0 saturated carbocycles. The van der Waals surface area contributed by atoms with Crippen molar-refractivity contribution in [1.82, 2.24) is 0 Å². The van der Waals surface area contributed by atoms with E-state index in [9.17, 15) is 13.2 Å². The predicted molar refractivity (Wildman–Crippen MR) is 24.7 cm³/mol. The first kappa shape index (κ1) is 6.45. The molecule has 0 aromatic carbocycles. The number of ether oxygens (including phenoxy) is 1. The molecule has 0 fully saturated rings. The highest BCUT2D eigenvalue weighted by molar-refractivity contribution is 4.89. The first-order valence-electron chi connectivity index (χ1n) is 2.48. The molecule has 0 aromatic rings. The van der Waals surface area contributed by atoms with Crippen LogP contribution in [0.4, 0.5) is 13.2 Å². The number of halogens is 3. The third-order valence-corrected chi connectivity index (χ3v) is 1.05. The summed E-state index contributed by atoms with van der Waals surface area (Å²) in [6.45, 7) is 0. The van der Waals surface area contributed by atoms with Gasteiger partial charge in [-0.3, -0.25) is 0 Å². The van der Waals surface area contributed by atoms with Gasteiger partial charge in [0, 0.05) is 6.42 Å². The molecular formula is C5H5F3O. The summed E-state index contributed by atoms with van der Waals surface area (Å²) in [5.74, 6) is 0. The zero-order valence-electron chi connectivity index (χ0n) is 4.48. The van der Waals surface area contributed by atoms with Crippen LogP contribution >= 0.6 is 0 Å². The van der Waals surface area contributed by atoms with Gasteiger partial charge in [0.2, 0.25) is 0 Å². The summed E-state index contributed by atoms with van der Waals surface area (Å²) in [5.41, 5.74) is 0. The maximum Gasteiger partial charge on any atom is 0.425 e. The van der Waals surface area contributed by atoms with Gasteiger partial charge < -0.3 is 4.74 Å². The van der Waals surface area contributed by atoms with Crippen molar-refractivity contribution in [1.29, 1.82) is 0 Å². The molecule has 1 aliphatic heterocycles. The van der Waals surface area contributed by atoms with Gasteiger partial charge in [0.15, 0.2) is 6.10 Å². The normalized spacial score (nSPS) is 26.3. The fraction of sp³-hybridized carbons (Fsp3) is 0.600. The first-order valence-corrected chi connectivity index (χ1v) is 2.48. The Morgan fingerprint density at radius 2 is 2.11 bits per heavy atom. The first-order chi connectivity index (χ1) is 4.11. The summed E-state index contributed by atoms with van der Waals surface area (Å²) < 4.78 is 39.0. The molecule has 0 radical (unpaired) electrons. The van der Waals surface area contributed by atoms with Crippen molar-refractivity contribution in [3.05, 3.63) is 12.3 Å². The van der Waals surface area contributed by atoms with Crippen LogP contribution in [0.1, 0.15) is 6.42 Å². The van der Waals surface area contributed by atoms with E-state index in [1.165, 1.54) is 6.08 Å². The van der Waals surface area contributed by atoms with Crippen LogP contribution in [0.15, 0.2) is 12.3 Å². The number of hydrogen-bond donors (Lipinski definition) is 0. The molecule has 1 atom stereocenters. The van der Waals surface area contributed by atoms with Gasteiger partial charge in [-0.25, -0.2) is 0 Å². The molecule has 1 nitrogen and oxygen atoms in total. The van der Waals surface area contributed by atoms with Gasteiger partial charge in [-0.1, -0.05) is 0 Å². The Morgan fingerprint density at radius 3 is 2.33 bits per heavy atom. The molecule has 52 valence electrons. The molecule has 0 spiro atoms. The van der Waals surface area contributed by atoms with Gasteiger partial charge in [-0.05, 0) is 6.08 Å². The van der Waals surface area contributed by atoms with Crippen molar-refractivity contribution in [2.24, 2.45) is 0 Å². The molecule has 0 saturated heterocycles. The molecular weight excluding hydrogens is 133 g/mol. The van der Waals surface area contributed by atoms with Gasteiger partial charge in [0.05, 0.1) is 6.26 Å². The average Bonchev–Trinajstić information content (AvgIpc) is 2.08. The Balaban J connectivity index is 2.46. The van der Waals surface area contributed by atoms with Crippen molar-refractivity contribution in [3.63, 3.8) is 0 Å². The van der Waals surface area contributed by atoms with E-state index in [1.807, 2.05) is 0 Å². The summed E-state index contributed by atoms with van der Waals surface area (Å²) >= 11 is 0. The zero-order chi connectivity index (χ0) is 6.91. The van der Waals surface area contributed by atoms with E-state index in [2.05, 4.69) is 4.74 Å². The van der Waals surface area contributed by atoms with E-state index in [4.69, 9.17) is 0 Å². The Kier molecular flexibility index (Phi) is 1.38. The van der Waals surface area contributed by atoms with Gasteiger partial charge in [-0.2, -0.15) is 13.2 Å². The summed E-state index contributed by atoms with van der Waals surface area (Å²) in [5, 5.41) is 0. The molecule has 9 heavy (non-hydrogen) atoms. The molecule has 1 heterocycles. The van der Waals surface area contributed by atoms with Crippen molar-refractivity contribution in [3.8, 4) is 0 Å². The minimum Gasteiger partial charge on any atom is -0.489 e. The van der Waals surface area contributed by atoms with Gasteiger partial charge in [0.25, 0.3) is 0 Å². The van der Waals surface area contributed by atoms with Crippen LogP contribution in [-0.4, -0.2) is 12.3 Å². The monoisotopic (exact) mass is 138 g/mol. The lowest BCUT2D eigenvalue weighted by molar-refractivity contribution is -0.199. The number of alkyl halides is 3. The summed E-state index contributed by atoms with van der Waals surface area (Å²) in [4.78, 5) is 0. The number of rotatable bonds is 0. The third-order valence-electron chi connectivity index (χ3n) is 1.05. The van der Waals surface area contributed by atoms with E-state index in [-0.39, 0.29) is 6.42 Å². The van der Waals surface area contributed by atoms with Crippen molar-refractivity contribution < 1.29 is 17.9 Å². The van der Waals surface area contributed by atoms with Crippen LogP contribution in [0.25, 0.3) is 0 Å². The Labute approximate surface area is 50.1 Å². The molecule has 0 bridgehead atoms.